The van der Waals surface area contributed by atoms with Gasteiger partial charge in [-0.1, -0.05) is 5.92 Å². The second-order valence-electron chi connectivity index (χ2n) is 2.33. The molecular formula is C11H12O2. The molecule has 0 saturated heterocycles. The summed E-state index contributed by atoms with van der Waals surface area (Å²) in [6, 6.07) is 0. The molecule has 0 spiro atoms. The molecule has 13 heavy (non-hydrogen) atoms. The highest BCUT2D eigenvalue weighted by atomic mass is 16.3. The third-order valence-electron chi connectivity index (χ3n) is 1.27. The van der Waals surface area contributed by atoms with Gasteiger partial charge in [0.05, 0.1) is 6.10 Å². The first-order valence-electron chi connectivity index (χ1n) is 3.95. The second kappa shape index (κ2) is 8.65. The van der Waals surface area contributed by atoms with Gasteiger partial charge in [-0.3, -0.25) is 0 Å². The molecule has 0 aliphatic rings. The van der Waals surface area contributed by atoms with E-state index in [1.807, 2.05) is 0 Å². The molecule has 0 bridgehead atoms. The van der Waals surface area contributed by atoms with Gasteiger partial charge in [0, 0.05) is 12.7 Å². The van der Waals surface area contributed by atoms with Crippen LogP contribution in [-0.4, -0.2) is 22.9 Å². The first kappa shape index (κ1) is 11.6. The maximum absolute atomic E-state index is 9.14. The molecule has 2 heteroatoms. The molecule has 0 aromatic carbocycles. The fourth-order valence-corrected chi connectivity index (χ4v) is 0.649. The Labute approximate surface area is 78.6 Å². The second-order valence-corrected chi connectivity index (χ2v) is 2.33. The average Bonchev–Trinajstić information content (AvgIpc) is 2.11. The lowest BCUT2D eigenvalue weighted by Crippen LogP contribution is -2.06. The largest absolute Gasteiger partial charge is 0.396 e. The van der Waals surface area contributed by atoms with Gasteiger partial charge in [-0.15, -0.1) is 12.2 Å². The predicted molar refractivity (Wildman–Crippen MR) is 51.6 cm³/mol. The van der Waals surface area contributed by atoms with Crippen LogP contribution in [0, 0.1) is 24.2 Å². The van der Waals surface area contributed by atoms with Gasteiger partial charge in [0.15, 0.2) is 0 Å². The molecular weight excluding hydrogens is 164 g/mol. The van der Waals surface area contributed by atoms with Crippen molar-refractivity contribution in [1.82, 2.24) is 0 Å². The third kappa shape index (κ3) is 8.47. The van der Waals surface area contributed by atoms with Gasteiger partial charge in [0.25, 0.3) is 0 Å². The number of hydrogen-bond donors (Lipinski definition) is 2. The van der Waals surface area contributed by atoms with E-state index in [-0.39, 0.29) is 6.61 Å². The molecule has 1 atom stereocenters. The number of hydrogen-bond acceptors (Lipinski definition) is 2. The lowest BCUT2D eigenvalue weighted by atomic mass is 10.2. The monoisotopic (exact) mass is 176 g/mol. The molecule has 0 unspecified atom stereocenters. The van der Waals surface area contributed by atoms with Crippen LogP contribution in [0.1, 0.15) is 12.8 Å². The summed E-state index contributed by atoms with van der Waals surface area (Å²) in [6.07, 6.45) is 8.37. The lowest BCUT2D eigenvalue weighted by molar-refractivity contribution is 0.135. The minimum atomic E-state index is -0.508. The quantitative estimate of drug-likeness (QED) is 0.483. The van der Waals surface area contributed by atoms with E-state index in [2.05, 4.69) is 23.5 Å². The van der Waals surface area contributed by atoms with Crippen molar-refractivity contribution in [2.45, 2.75) is 18.9 Å². The molecule has 2 N–H and O–H groups in total. The first-order chi connectivity index (χ1) is 6.31. The Hall–Kier alpha value is -1.44. The van der Waals surface area contributed by atoms with Crippen molar-refractivity contribution in [2.75, 3.05) is 6.61 Å². The molecule has 0 fully saturated rings. The molecule has 0 heterocycles. The Balaban J connectivity index is 3.75. The van der Waals surface area contributed by atoms with E-state index < -0.39 is 6.10 Å². The normalized spacial score (nSPS) is 9.92. The summed E-state index contributed by atoms with van der Waals surface area (Å²) < 4.78 is 0. The molecule has 0 aromatic heterocycles. The van der Waals surface area contributed by atoms with Crippen LogP contribution in [-0.2, 0) is 0 Å². The summed E-state index contributed by atoms with van der Waals surface area (Å²) in [4.78, 5) is 0. The van der Waals surface area contributed by atoms with Crippen molar-refractivity contribution >= 4 is 0 Å². The van der Waals surface area contributed by atoms with Crippen molar-refractivity contribution < 1.29 is 10.2 Å². The van der Waals surface area contributed by atoms with Gasteiger partial charge in [0.1, 0.15) is 0 Å². The van der Waals surface area contributed by atoms with Crippen LogP contribution in [0.25, 0.3) is 0 Å². The van der Waals surface area contributed by atoms with Crippen molar-refractivity contribution in [3.63, 3.8) is 0 Å². The fourth-order valence-electron chi connectivity index (χ4n) is 0.649. The van der Waals surface area contributed by atoms with Crippen LogP contribution in [0.15, 0.2) is 17.9 Å². The Kier molecular flexibility index (Phi) is 7.70. The summed E-state index contributed by atoms with van der Waals surface area (Å²) in [7, 11) is 0. The minimum absolute atomic E-state index is 0.00435. The van der Waals surface area contributed by atoms with Crippen molar-refractivity contribution in [3.05, 3.63) is 17.9 Å². The van der Waals surface area contributed by atoms with E-state index in [0.29, 0.717) is 12.8 Å². The Morgan fingerprint density at radius 2 is 2.23 bits per heavy atom. The van der Waals surface area contributed by atoms with Gasteiger partial charge in [-0.2, -0.15) is 0 Å². The zero-order chi connectivity index (χ0) is 9.94. The van der Waals surface area contributed by atoms with E-state index in [4.69, 9.17) is 16.6 Å². The SMILES string of the molecule is C#CC#CC=C=CC[C@@H](O)CCO. The topological polar surface area (TPSA) is 40.5 Å². The van der Waals surface area contributed by atoms with Crippen LogP contribution >= 0.6 is 0 Å². The highest BCUT2D eigenvalue weighted by Crippen LogP contribution is 1.96. The van der Waals surface area contributed by atoms with E-state index in [9.17, 15) is 0 Å². The van der Waals surface area contributed by atoms with Crippen molar-refractivity contribution in [2.24, 2.45) is 0 Å². The Morgan fingerprint density at radius 3 is 2.85 bits per heavy atom. The molecule has 0 radical (unpaired) electrons. The highest BCUT2D eigenvalue weighted by Gasteiger charge is 1.97. The minimum Gasteiger partial charge on any atom is -0.396 e. The lowest BCUT2D eigenvalue weighted by Gasteiger charge is -2.02. The zero-order valence-corrected chi connectivity index (χ0v) is 7.33. The Bertz CT molecular complexity index is 279. The van der Waals surface area contributed by atoms with Crippen molar-refractivity contribution in [1.29, 1.82) is 0 Å². The Morgan fingerprint density at radius 1 is 1.46 bits per heavy atom. The van der Waals surface area contributed by atoms with Crippen LogP contribution in [0.4, 0.5) is 0 Å². The summed E-state index contributed by atoms with van der Waals surface area (Å²) in [6.45, 7) is -0.00435. The molecule has 68 valence electrons. The summed E-state index contributed by atoms with van der Waals surface area (Å²) in [5, 5.41) is 17.6. The molecule has 0 aromatic rings. The summed E-state index contributed by atoms with van der Waals surface area (Å²) >= 11 is 0. The smallest absolute Gasteiger partial charge is 0.0602 e. The van der Waals surface area contributed by atoms with Crippen LogP contribution in [0.3, 0.4) is 0 Å². The van der Waals surface area contributed by atoms with Gasteiger partial charge >= 0.3 is 0 Å². The first-order valence-corrected chi connectivity index (χ1v) is 3.95. The van der Waals surface area contributed by atoms with E-state index in [1.165, 1.54) is 6.08 Å². The summed E-state index contributed by atoms with van der Waals surface area (Å²) in [5.74, 6) is 7.11. The van der Waals surface area contributed by atoms with E-state index in [0.717, 1.165) is 0 Å². The number of aliphatic hydroxyl groups is 2. The van der Waals surface area contributed by atoms with Crippen LogP contribution < -0.4 is 0 Å². The van der Waals surface area contributed by atoms with Crippen LogP contribution in [0.5, 0.6) is 0 Å². The van der Waals surface area contributed by atoms with Gasteiger partial charge < -0.3 is 10.2 Å². The standard InChI is InChI=1S/C11H12O2/c1-2-3-4-5-6-7-8-11(13)9-10-12/h1,5,7,11-13H,8-10H2/t6?,11-/m1/s1. The number of aliphatic hydroxyl groups excluding tert-OH is 2. The molecule has 2 nitrogen and oxygen atoms in total. The van der Waals surface area contributed by atoms with E-state index >= 15 is 0 Å². The van der Waals surface area contributed by atoms with Crippen molar-refractivity contribution in [3.8, 4) is 24.2 Å². The maximum atomic E-state index is 9.14. The molecule has 0 aliphatic carbocycles. The third-order valence-corrected chi connectivity index (χ3v) is 1.27. The summed E-state index contributed by atoms with van der Waals surface area (Å²) in [5.41, 5.74) is 2.75. The van der Waals surface area contributed by atoms with Gasteiger partial charge in [-0.25, -0.2) is 0 Å². The molecule has 0 aliphatic heterocycles. The number of rotatable bonds is 4. The maximum Gasteiger partial charge on any atom is 0.0602 e. The van der Waals surface area contributed by atoms with Crippen LogP contribution in [0.2, 0.25) is 0 Å². The predicted octanol–water partition coefficient (Wildman–Crippen LogP) is 0.468. The van der Waals surface area contributed by atoms with Gasteiger partial charge in [0.2, 0.25) is 0 Å². The zero-order valence-electron chi connectivity index (χ0n) is 7.33. The average molecular weight is 176 g/mol. The molecule has 0 rings (SSSR count). The van der Waals surface area contributed by atoms with E-state index in [1.54, 1.807) is 6.08 Å². The highest BCUT2D eigenvalue weighted by molar-refractivity contribution is 5.27. The molecule has 0 saturated carbocycles. The fraction of sp³-hybridized carbons (Fsp3) is 0.364. The molecule has 0 amide bonds. The number of terminal acetylenes is 1. The van der Waals surface area contributed by atoms with Gasteiger partial charge in [-0.05, 0) is 30.8 Å².